The SMILES string of the molecule is OCC1O[C@H](O[C@H]2OC(CO)[C@@H](O)C(O)C2F)C(O)C(O)[C@@H]1O. The molecule has 136 valence electrons. The van der Waals surface area contributed by atoms with Crippen LogP contribution in [0.4, 0.5) is 4.39 Å². The predicted octanol–water partition coefficient (Wildman–Crippen LogP) is -4.42. The fourth-order valence-electron chi connectivity index (χ4n) is 2.47. The Morgan fingerprint density at radius 1 is 0.696 bits per heavy atom. The first kappa shape index (κ1) is 18.9. The highest BCUT2D eigenvalue weighted by Gasteiger charge is 2.50. The van der Waals surface area contributed by atoms with Crippen molar-refractivity contribution in [1.82, 2.24) is 0 Å². The standard InChI is InChI=1S/C12H21FO10/c13-5-8(18)6(16)3(1-14)21-11(5)23-12-10(20)9(19)7(17)4(2-15)22-12/h3-12,14-20H,1-2H2/t3?,4?,5?,6-,7-,8?,9?,10?,11-,12-/m1/s1. The van der Waals surface area contributed by atoms with Crippen LogP contribution in [0, 0.1) is 0 Å². The van der Waals surface area contributed by atoms with E-state index < -0.39 is 74.7 Å². The highest BCUT2D eigenvalue weighted by Crippen LogP contribution is 2.29. The van der Waals surface area contributed by atoms with Crippen molar-refractivity contribution in [2.45, 2.75) is 61.5 Å². The molecular weight excluding hydrogens is 323 g/mol. The van der Waals surface area contributed by atoms with Gasteiger partial charge in [0.05, 0.1) is 13.2 Å². The molecule has 2 rings (SSSR count). The summed E-state index contributed by atoms with van der Waals surface area (Å²) < 4.78 is 29.0. The monoisotopic (exact) mass is 344 g/mol. The molecule has 0 radical (unpaired) electrons. The lowest BCUT2D eigenvalue weighted by molar-refractivity contribution is -0.370. The van der Waals surface area contributed by atoms with Gasteiger partial charge >= 0.3 is 0 Å². The number of aliphatic hydroxyl groups is 7. The largest absolute Gasteiger partial charge is 0.394 e. The van der Waals surface area contributed by atoms with Crippen molar-refractivity contribution in [2.75, 3.05) is 13.2 Å². The summed E-state index contributed by atoms with van der Waals surface area (Å²) in [6.45, 7) is -1.42. The van der Waals surface area contributed by atoms with Crippen LogP contribution >= 0.6 is 0 Å². The second-order valence-electron chi connectivity index (χ2n) is 5.48. The fourth-order valence-corrected chi connectivity index (χ4v) is 2.47. The van der Waals surface area contributed by atoms with Gasteiger partial charge in [-0.25, -0.2) is 4.39 Å². The zero-order valence-corrected chi connectivity index (χ0v) is 11.9. The van der Waals surface area contributed by atoms with Crippen LogP contribution in [0.15, 0.2) is 0 Å². The summed E-state index contributed by atoms with van der Waals surface area (Å²) in [5, 5.41) is 66.2. The summed E-state index contributed by atoms with van der Waals surface area (Å²) in [4.78, 5) is 0. The van der Waals surface area contributed by atoms with E-state index >= 15 is 0 Å². The number of alkyl halides is 1. The minimum atomic E-state index is -2.22. The van der Waals surface area contributed by atoms with Crippen molar-refractivity contribution in [3.8, 4) is 0 Å². The molecule has 2 saturated heterocycles. The third-order valence-corrected chi connectivity index (χ3v) is 3.92. The maximum Gasteiger partial charge on any atom is 0.195 e. The molecule has 10 nitrogen and oxygen atoms in total. The van der Waals surface area contributed by atoms with Gasteiger partial charge in [0, 0.05) is 0 Å². The molecule has 0 aromatic rings. The van der Waals surface area contributed by atoms with E-state index in [1.807, 2.05) is 0 Å². The Hall–Kier alpha value is -0.470. The molecule has 0 aliphatic carbocycles. The number of halogens is 1. The first-order valence-electron chi connectivity index (χ1n) is 7.04. The molecule has 6 unspecified atom stereocenters. The molecule has 2 fully saturated rings. The maximum absolute atomic E-state index is 14.0. The predicted molar refractivity (Wildman–Crippen MR) is 67.5 cm³/mol. The molecule has 10 atom stereocenters. The van der Waals surface area contributed by atoms with Crippen LogP contribution in [0.3, 0.4) is 0 Å². The minimum absolute atomic E-state index is 0.698. The number of hydrogen-bond acceptors (Lipinski definition) is 10. The smallest absolute Gasteiger partial charge is 0.195 e. The Bertz CT molecular complexity index is 349. The molecular formula is C12H21FO10. The highest BCUT2D eigenvalue weighted by molar-refractivity contribution is 4.92. The zero-order valence-electron chi connectivity index (χ0n) is 11.9. The van der Waals surface area contributed by atoms with E-state index in [-0.39, 0.29) is 0 Å². The van der Waals surface area contributed by atoms with Crippen LogP contribution < -0.4 is 0 Å². The van der Waals surface area contributed by atoms with E-state index in [2.05, 4.69) is 0 Å². The van der Waals surface area contributed by atoms with Gasteiger partial charge in [0.1, 0.15) is 42.7 Å². The van der Waals surface area contributed by atoms with Gasteiger partial charge < -0.3 is 50.0 Å². The van der Waals surface area contributed by atoms with Gasteiger partial charge in [-0.15, -0.1) is 0 Å². The van der Waals surface area contributed by atoms with Gasteiger partial charge in [-0.3, -0.25) is 0 Å². The van der Waals surface area contributed by atoms with Gasteiger partial charge in [0.25, 0.3) is 0 Å². The van der Waals surface area contributed by atoms with Crippen LogP contribution in [0.1, 0.15) is 0 Å². The molecule has 2 heterocycles. The zero-order chi connectivity index (χ0) is 17.3. The summed E-state index contributed by atoms with van der Waals surface area (Å²) in [5.74, 6) is 0. The fraction of sp³-hybridized carbons (Fsp3) is 1.00. The summed E-state index contributed by atoms with van der Waals surface area (Å²) >= 11 is 0. The van der Waals surface area contributed by atoms with Gasteiger partial charge in [0.2, 0.25) is 0 Å². The molecule has 7 N–H and O–H groups in total. The van der Waals surface area contributed by atoms with Crippen molar-refractivity contribution >= 4 is 0 Å². The van der Waals surface area contributed by atoms with Crippen LogP contribution in [-0.2, 0) is 14.2 Å². The minimum Gasteiger partial charge on any atom is -0.394 e. The molecule has 0 spiro atoms. The van der Waals surface area contributed by atoms with E-state index in [1.165, 1.54) is 0 Å². The molecule has 23 heavy (non-hydrogen) atoms. The molecule has 2 aliphatic rings. The Balaban J connectivity index is 2.07. The normalized spacial score (nSPS) is 51.7. The summed E-state index contributed by atoms with van der Waals surface area (Å²) in [5.41, 5.74) is 0. The lowest BCUT2D eigenvalue weighted by Gasteiger charge is -2.43. The number of ether oxygens (including phenoxy) is 3. The van der Waals surface area contributed by atoms with Gasteiger partial charge in [-0.1, -0.05) is 0 Å². The van der Waals surface area contributed by atoms with Crippen LogP contribution in [0.25, 0.3) is 0 Å². The van der Waals surface area contributed by atoms with Crippen molar-refractivity contribution in [2.24, 2.45) is 0 Å². The van der Waals surface area contributed by atoms with E-state index in [0.29, 0.717) is 0 Å². The highest BCUT2D eigenvalue weighted by atomic mass is 19.1. The van der Waals surface area contributed by atoms with Crippen LogP contribution in [0.5, 0.6) is 0 Å². The third-order valence-electron chi connectivity index (χ3n) is 3.92. The molecule has 2 aliphatic heterocycles. The second-order valence-corrected chi connectivity index (χ2v) is 5.48. The van der Waals surface area contributed by atoms with E-state index in [4.69, 9.17) is 24.4 Å². The van der Waals surface area contributed by atoms with Crippen molar-refractivity contribution in [1.29, 1.82) is 0 Å². The first-order valence-corrected chi connectivity index (χ1v) is 7.04. The maximum atomic E-state index is 14.0. The van der Waals surface area contributed by atoms with Crippen LogP contribution in [0.2, 0.25) is 0 Å². The Kier molecular flexibility index (Phi) is 6.24. The molecule has 0 aromatic carbocycles. The number of hydrogen-bond donors (Lipinski definition) is 7. The summed E-state index contributed by atoms with van der Waals surface area (Å²) in [7, 11) is 0. The van der Waals surface area contributed by atoms with E-state index in [1.54, 1.807) is 0 Å². The summed E-state index contributed by atoms with van der Waals surface area (Å²) in [6, 6.07) is 0. The van der Waals surface area contributed by atoms with Crippen molar-refractivity contribution in [3.05, 3.63) is 0 Å². The molecule has 0 amide bonds. The topological polar surface area (TPSA) is 169 Å². The summed E-state index contributed by atoms with van der Waals surface area (Å²) in [6.07, 6.45) is -17.0. The van der Waals surface area contributed by atoms with E-state index in [9.17, 15) is 29.9 Å². The third kappa shape index (κ3) is 3.64. The Morgan fingerprint density at radius 2 is 1.17 bits per heavy atom. The first-order chi connectivity index (χ1) is 10.8. The number of rotatable bonds is 4. The second kappa shape index (κ2) is 7.61. The molecule has 11 heteroatoms. The van der Waals surface area contributed by atoms with Crippen LogP contribution in [-0.4, -0.2) is 110 Å². The van der Waals surface area contributed by atoms with Gasteiger partial charge in [-0.05, 0) is 0 Å². The lowest BCUT2D eigenvalue weighted by Crippen LogP contribution is -2.63. The average Bonchev–Trinajstić information content (AvgIpc) is 2.55. The van der Waals surface area contributed by atoms with Crippen molar-refractivity contribution < 1.29 is 54.3 Å². The molecule has 0 bridgehead atoms. The average molecular weight is 344 g/mol. The Morgan fingerprint density at radius 3 is 1.70 bits per heavy atom. The number of aliphatic hydroxyl groups excluding tert-OH is 7. The van der Waals surface area contributed by atoms with Gasteiger partial charge in [-0.2, -0.15) is 0 Å². The van der Waals surface area contributed by atoms with E-state index in [0.717, 1.165) is 0 Å². The Labute approximate surface area is 130 Å². The lowest BCUT2D eigenvalue weighted by atomic mass is 9.98. The quantitative estimate of drug-likeness (QED) is 0.264. The van der Waals surface area contributed by atoms with Gasteiger partial charge in [0.15, 0.2) is 18.8 Å². The molecule has 0 saturated carbocycles. The molecule has 0 aromatic heterocycles. The van der Waals surface area contributed by atoms with Crippen molar-refractivity contribution in [3.63, 3.8) is 0 Å².